The summed E-state index contributed by atoms with van der Waals surface area (Å²) in [5.74, 6) is 0.309. The number of anilines is 2. The van der Waals surface area contributed by atoms with E-state index in [1.54, 1.807) is 18.5 Å². The van der Waals surface area contributed by atoms with Crippen molar-refractivity contribution in [3.63, 3.8) is 0 Å². The van der Waals surface area contributed by atoms with E-state index in [0.29, 0.717) is 47.7 Å². The Kier molecular flexibility index (Phi) is 4.35. The fraction of sp³-hybridized carbons (Fsp3) is 0.381. The summed E-state index contributed by atoms with van der Waals surface area (Å²) in [6, 6.07) is 5.42. The highest BCUT2D eigenvalue weighted by Crippen LogP contribution is 2.42. The number of rotatable bonds is 4. The molecule has 0 aliphatic carbocycles. The zero-order valence-electron chi connectivity index (χ0n) is 16.5. The molecule has 0 unspecified atom stereocenters. The summed E-state index contributed by atoms with van der Waals surface area (Å²) < 4.78 is 21.4. The second-order valence-corrected chi connectivity index (χ2v) is 8.10. The van der Waals surface area contributed by atoms with Gasteiger partial charge in [-0.05, 0) is 25.5 Å². The number of alkyl halides is 1. The van der Waals surface area contributed by atoms with Crippen LogP contribution in [-0.4, -0.2) is 57.1 Å². The van der Waals surface area contributed by atoms with Gasteiger partial charge in [-0.2, -0.15) is 5.10 Å². The summed E-state index contributed by atoms with van der Waals surface area (Å²) in [4.78, 5) is 19.2. The van der Waals surface area contributed by atoms with Gasteiger partial charge in [-0.15, -0.1) is 0 Å². The zero-order chi connectivity index (χ0) is 20.9. The Morgan fingerprint density at radius 2 is 2.33 bits per heavy atom. The van der Waals surface area contributed by atoms with Crippen molar-refractivity contribution in [3.8, 4) is 5.75 Å². The van der Waals surface area contributed by atoms with E-state index < -0.39 is 11.8 Å². The molecule has 1 fully saturated rings. The van der Waals surface area contributed by atoms with E-state index in [0.717, 1.165) is 5.56 Å². The van der Waals surface area contributed by atoms with Crippen LogP contribution in [-0.2, 0) is 6.42 Å². The molecule has 2 atom stereocenters. The Balaban J connectivity index is 1.52. The lowest BCUT2D eigenvalue weighted by molar-refractivity contribution is 0.0447. The predicted molar refractivity (Wildman–Crippen MR) is 109 cm³/mol. The van der Waals surface area contributed by atoms with Crippen molar-refractivity contribution < 1.29 is 19.0 Å². The Labute approximate surface area is 172 Å². The number of amides is 1. The lowest BCUT2D eigenvalue weighted by Crippen LogP contribution is -2.34. The topological polar surface area (TPSA) is 92.0 Å². The van der Waals surface area contributed by atoms with Crippen LogP contribution in [0.3, 0.4) is 0 Å². The zero-order valence-corrected chi connectivity index (χ0v) is 16.5. The lowest BCUT2D eigenvalue weighted by Gasteiger charge is -2.23. The van der Waals surface area contributed by atoms with E-state index >= 15 is 0 Å². The Bertz CT molecular complexity index is 1130. The molecule has 2 aliphatic rings. The van der Waals surface area contributed by atoms with Crippen LogP contribution in [0, 0.1) is 0 Å². The van der Waals surface area contributed by atoms with Gasteiger partial charge in [0.25, 0.3) is 5.91 Å². The smallest absolute Gasteiger partial charge is 0.261 e. The van der Waals surface area contributed by atoms with Gasteiger partial charge in [0.2, 0.25) is 0 Å². The summed E-state index contributed by atoms with van der Waals surface area (Å²) in [5.41, 5.74) is 2.27. The first-order valence-electron chi connectivity index (χ1n) is 9.91. The largest absolute Gasteiger partial charge is 0.484 e. The lowest BCUT2D eigenvalue weighted by atomic mass is 9.99. The van der Waals surface area contributed by atoms with Crippen LogP contribution in [0.1, 0.15) is 29.3 Å². The third-order valence-corrected chi connectivity index (χ3v) is 5.68. The van der Waals surface area contributed by atoms with Crippen LogP contribution in [0.4, 0.5) is 15.8 Å². The van der Waals surface area contributed by atoms with Crippen LogP contribution in [0.2, 0.25) is 0 Å². The molecule has 30 heavy (non-hydrogen) atoms. The average Bonchev–Trinajstić information content (AvgIpc) is 3.43. The minimum atomic E-state index is -0.908. The van der Waals surface area contributed by atoms with Gasteiger partial charge in [0.1, 0.15) is 23.1 Å². The number of benzene rings is 1. The molecule has 0 saturated carbocycles. The second-order valence-electron chi connectivity index (χ2n) is 8.10. The van der Waals surface area contributed by atoms with Crippen molar-refractivity contribution in [2.24, 2.45) is 0 Å². The standard InChI is InChI=1S/C21H22FN5O3/c1-21(12-28)9-13-7-16(17(8-18(13)30-21)26-6-3-14(22)11-26)25-20(29)15-10-24-27-5-2-4-23-19(15)27/h2,4-5,7-8,10,14,28H,3,6,9,11-12H2,1H3,(H,25,29)/t14-,21-/m0/s1. The number of halogens is 1. The van der Waals surface area contributed by atoms with Gasteiger partial charge in [-0.3, -0.25) is 4.79 Å². The highest BCUT2D eigenvalue weighted by Gasteiger charge is 2.36. The second kappa shape index (κ2) is 6.94. The van der Waals surface area contributed by atoms with Crippen LogP contribution < -0.4 is 15.0 Å². The van der Waals surface area contributed by atoms with Crippen LogP contribution >= 0.6 is 0 Å². The van der Waals surface area contributed by atoms with Crippen molar-refractivity contribution in [2.45, 2.75) is 31.5 Å². The summed E-state index contributed by atoms with van der Waals surface area (Å²) in [6.45, 7) is 2.53. The Morgan fingerprint density at radius 3 is 3.10 bits per heavy atom. The fourth-order valence-electron chi connectivity index (χ4n) is 4.11. The SMILES string of the molecule is C[C@@]1(CO)Cc2cc(NC(=O)c3cnn4cccnc34)c(N3CC[C@H](F)C3)cc2O1. The number of hydrogen-bond acceptors (Lipinski definition) is 6. The number of nitrogens with one attached hydrogen (secondary N) is 1. The van der Waals surface area contributed by atoms with E-state index in [9.17, 15) is 14.3 Å². The maximum absolute atomic E-state index is 13.9. The number of carbonyl (C=O) groups excluding carboxylic acids is 1. The molecule has 5 rings (SSSR count). The van der Waals surface area contributed by atoms with E-state index in [1.807, 2.05) is 24.0 Å². The first-order chi connectivity index (χ1) is 14.5. The fourth-order valence-corrected chi connectivity index (χ4v) is 4.11. The predicted octanol–water partition coefficient (Wildman–Crippen LogP) is 2.22. The number of aromatic nitrogens is 3. The minimum Gasteiger partial charge on any atom is -0.484 e. The number of carbonyl (C=O) groups is 1. The third-order valence-electron chi connectivity index (χ3n) is 5.68. The molecule has 4 heterocycles. The van der Waals surface area contributed by atoms with Gasteiger partial charge >= 0.3 is 0 Å². The van der Waals surface area contributed by atoms with Gasteiger partial charge in [0.15, 0.2) is 5.65 Å². The van der Waals surface area contributed by atoms with Crippen LogP contribution in [0.25, 0.3) is 5.65 Å². The van der Waals surface area contributed by atoms with Crippen molar-refractivity contribution in [1.82, 2.24) is 14.6 Å². The maximum Gasteiger partial charge on any atom is 0.261 e. The number of fused-ring (bicyclic) bond motifs is 2. The molecule has 2 N–H and O–H groups in total. The molecule has 0 spiro atoms. The maximum atomic E-state index is 13.9. The average molecular weight is 411 g/mol. The van der Waals surface area contributed by atoms with E-state index in [2.05, 4.69) is 15.4 Å². The molecular formula is C21H22FN5O3. The molecule has 2 aliphatic heterocycles. The summed E-state index contributed by atoms with van der Waals surface area (Å²) in [6.07, 6.45) is 4.86. The highest BCUT2D eigenvalue weighted by atomic mass is 19.1. The first kappa shape index (κ1) is 18.8. The van der Waals surface area contributed by atoms with Crippen molar-refractivity contribution in [3.05, 3.63) is 47.9 Å². The van der Waals surface area contributed by atoms with Crippen molar-refractivity contribution in [2.75, 3.05) is 29.9 Å². The molecule has 1 aromatic carbocycles. The third kappa shape index (κ3) is 3.15. The molecule has 9 heteroatoms. The number of aliphatic hydroxyl groups excluding tert-OH is 1. The summed E-state index contributed by atoms with van der Waals surface area (Å²) in [5, 5.41) is 16.8. The molecule has 1 saturated heterocycles. The van der Waals surface area contributed by atoms with Gasteiger partial charge in [0.05, 0.1) is 24.2 Å². The highest BCUT2D eigenvalue weighted by molar-refractivity contribution is 6.09. The quantitative estimate of drug-likeness (QED) is 0.684. The van der Waals surface area contributed by atoms with Crippen molar-refractivity contribution in [1.29, 1.82) is 0 Å². The minimum absolute atomic E-state index is 0.122. The molecule has 0 bridgehead atoms. The Hall–Kier alpha value is -3.20. The van der Waals surface area contributed by atoms with Gasteiger partial charge < -0.3 is 20.1 Å². The molecular weight excluding hydrogens is 389 g/mol. The number of nitrogens with zero attached hydrogens (tertiary/aromatic N) is 4. The van der Waals surface area contributed by atoms with Gasteiger partial charge in [-0.25, -0.2) is 13.9 Å². The molecule has 3 aromatic rings. The monoisotopic (exact) mass is 411 g/mol. The van der Waals surface area contributed by atoms with Crippen LogP contribution in [0.15, 0.2) is 36.8 Å². The number of hydrogen-bond donors (Lipinski definition) is 2. The number of aliphatic hydroxyl groups is 1. The van der Waals surface area contributed by atoms with Crippen LogP contribution in [0.5, 0.6) is 5.75 Å². The number of ether oxygens (including phenoxy) is 1. The Morgan fingerprint density at radius 1 is 1.47 bits per heavy atom. The molecule has 156 valence electrons. The molecule has 0 radical (unpaired) electrons. The van der Waals surface area contributed by atoms with E-state index in [1.165, 1.54) is 10.7 Å². The molecule has 1 amide bonds. The van der Waals surface area contributed by atoms with E-state index in [-0.39, 0.29) is 19.1 Å². The van der Waals surface area contributed by atoms with Gasteiger partial charge in [0, 0.05) is 43.5 Å². The van der Waals surface area contributed by atoms with Gasteiger partial charge in [-0.1, -0.05) is 0 Å². The summed E-state index contributed by atoms with van der Waals surface area (Å²) in [7, 11) is 0. The van der Waals surface area contributed by atoms with Crippen molar-refractivity contribution >= 4 is 22.9 Å². The molecule has 8 nitrogen and oxygen atoms in total. The summed E-state index contributed by atoms with van der Waals surface area (Å²) >= 11 is 0. The normalized spacial score (nSPS) is 22.9. The first-order valence-corrected chi connectivity index (χ1v) is 9.91. The molecule has 2 aromatic heterocycles. The van der Waals surface area contributed by atoms with E-state index in [4.69, 9.17) is 4.74 Å².